The molecule has 1 fully saturated rings. The van der Waals surface area contributed by atoms with Crippen LogP contribution in [0, 0.1) is 23.2 Å². The summed E-state index contributed by atoms with van der Waals surface area (Å²) in [4.78, 5) is 0. The molecule has 1 saturated carbocycles. The number of nitrogens with zero attached hydrogens (tertiary/aromatic N) is 2. The number of nitrogens with two attached hydrogens (primary N) is 1. The summed E-state index contributed by atoms with van der Waals surface area (Å²) in [6, 6.07) is 0. The molecule has 0 aromatic carbocycles. The molecule has 0 saturated heterocycles. The summed E-state index contributed by atoms with van der Waals surface area (Å²) < 4.78 is 0. The van der Waals surface area contributed by atoms with Crippen LogP contribution in [0.25, 0.3) is 0 Å². The van der Waals surface area contributed by atoms with Crippen molar-refractivity contribution in [1.29, 1.82) is 0 Å². The molecule has 2 N–H and O–H groups in total. The average molecular weight is 249 g/mol. The Morgan fingerprint density at radius 1 is 1.06 bits per heavy atom. The van der Waals surface area contributed by atoms with Crippen LogP contribution in [-0.2, 0) is 0 Å². The predicted molar refractivity (Wildman–Crippen MR) is 77.7 cm³/mol. The lowest BCUT2D eigenvalue weighted by atomic mass is 9.68. The first-order chi connectivity index (χ1) is 8.38. The second-order valence-corrected chi connectivity index (χ2v) is 7.14. The fourth-order valence-electron chi connectivity index (χ4n) is 3.22. The summed E-state index contributed by atoms with van der Waals surface area (Å²) in [5.41, 5.74) is 7.54. The lowest BCUT2D eigenvalue weighted by molar-refractivity contribution is 0.166. The SMILES string of the molecule is CC1CC(C2CCC(C(C)(C)C)CC2)=NN=C1N. The van der Waals surface area contributed by atoms with Gasteiger partial charge in [-0.15, -0.1) is 5.10 Å². The lowest BCUT2D eigenvalue weighted by Gasteiger charge is -2.37. The van der Waals surface area contributed by atoms with E-state index >= 15 is 0 Å². The van der Waals surface area contributed by atoms with Gasteiger partial charge in [-0.25, -0.2) is 0 Å². The van der Waals surface area contributed by atoms with E-state index in [0.717, 1.165) is 12.3 Å². The van der Waals surface area contributed by atoms with Crippen LogP contribution in [0.4, 0.5) is 0 Å². The number of hydrogen-bond acceptors (Lipinski definition) is 3. The Kier molecular flexibility index (Phi) is 3.79. The van der Waals surface area contributed by atoms with Gasteiger partial charge in [0.25, 0.3) is 0 Å². The highest BCUT2D eigenvalue weighted by Gasteiger charge is 2.32. The van der Waals surface area contributed by atoms with Crippen LogP contribution >= 0.6 is 0 Å². The van der Waals surface area contributed by atoms with Crippen LogP contribution in [0.3, 0.4) is 0 Å². The Morgan fingerprint density at radius 3 is 2.17 bits per heavy atom. The van der Waals surface area contributed by atoms with Gasteiger partial charge in [0.2, 0.25) is 0 Å². The molecule has 3 nitrogen and oxygen atoms in total. The average Bonchev–Trinajstić information content (AvgIpc) is 2.32. The van der Waals surface area contributed by atoms with Gasteiger partial charge in [-0.05, 0) is 49.4 Å². The fourth-order valence-corrected chi connectivity index (χ4v) is 3.22. The van der Waals surface area contributed by atoms with Gasteiger partial charge in [-0.3, -0.25) is 0 Å². The molecule has 0 aromatic rings. The van der Waals surface area contributed by atoms with Crippen molar-refractivity contribution in [2.75, 3.05) is 0 Å². The smallest absolute Gasteiger partial charge is 0.125 e. The molecule has 0 bridgehead atoms. The van der Waals surface area contributed by atoms with Gasteiger partial charge < -0.3 is 5.73 Å². The molecule has 1 heterocycles. The standard InChI is InChI=1S/C15H27N3/c1-10-9-13(17-18-14(10)16)11-5-7-12(8-6-11)15(2,3)4/h10-12H,5-9H2,1-4H3,(H2,16,18). The lowest BCUT2D eigenvalue weighted by Crippen LogP contribution is -2.33. The van der Waals surface area contributed by atoms with E-state index in [-0.39, 0.29) is 0 Å². The summed E-state index contributed by atoms with van der Waals surface area (Å²) in [7, 11) is 0. The highest BCUT2D eigenvalue weighted by molar-refractivity contribution is 5.95. The van der Waals surface area contributed by atoms with Crippen LogP contribution in [0.15, 0.2) is 10.2 Å². The van der Waals surface area contributed by atoms with E-state index in [4.69, 9.17) is 5.73 Å². The zero-order valence-corrected chi connectivity index (χ0v) is 12.2. The Balaban J connectivity index is 1.95. The Hall–Kier alpha value is -0.860. The molecule has 1 unspecified atom stereocenters. The minimum atomic E-state index is 0.373. The summed E-state index contributed by atoms with van der Waals surface area (Å²) in [6.07, 6.45) is 6.24. The number of amidine groups is 1. The molecule has 2 aliphatic rings. The molecule has 18 heavy (non-hydrogen) atoms. The van der Waals surface area contributed by atoms with Crippen molar-refractivity contribution in [1.82, 2.24) is 0 Å². The van der Waals surface area contributed by atoms with Crippen LogP contribution in [0.2, 0.25) is 0 Å². The first-order valence-corrected chi connectivity index (χ1v) is 7.27. The van der Waals surface area contributed by atoms with Crippen LogP contribution in [0.1, 0.15) is 59.8 Å². The topological polar surface area (TPSA) is 50.7 Å². The van der Waals surface area contributed by atoms with Crippen LogP contribution < -0.4 is 5.73 Å². The van der Waals surface area contributed by atoms with E-state index in [2.05, 4.69) is 37.9 Å². The summed E-state index contributed by atoms with van der Waals surface area (Å²) in [6.45, 7) is 9.24. The molecule has 1 aliphatic heterocycles. The molecule has 2 rings (SSSR count). The van der Waals surface area contributed by atoms with Gasteiger partial charge in [0.05, 0.1) is 0 Å². The van der Waals surface area contributed by atoms with E-state index < -0.39 is 0 Å². The van der Waals surface area contributed by atoms with Crippen LogP contribution in [0.5, 0.6) is 0 Å². The van der Waals surface area contributed by atoms with E-state index in [0.29, 0.717) is 23.1 Å². The normalized spacial score (nSPS) is 33.9. The molecular formula is C15H27N3. The van der Waals surface area contributed by atoms with Gasteiger partial charge in [0.1, 0.15) is 5.84 Å². The second-order valence-electron chi connectivity index (χ2n) is 7.14. The Bertz CT molecular complexity index is 354. The third-order valence-electron chi connectivity index (χ3n) is 4.74. The van der Waals surface area contributed by atoms with E-state index in [1.165, 1.54) is 31.4 Å². The van der Waals surface area contributed by atoms with Gasteiger partial charge in [-0.2, -0.15) is 5.10 Å². The van der Waals surface area contributed by atoms with E-state index in [9.17, 15) is 0 Å². The molecule has 0 amide bonds. The molecule has 102 valence electrons. The first-order valence-electron chi connectivity index (χ1n) is 7.27. The molecule has 1 atom stereocenters. The third-order valence-corrected chi connectivity index (χ3v) is 4.74. The minimum Gasteiger partial charge on any atom is -0.385 e. The van der Waals surface area contributed by atoms with Crippen LogP contribution in [-0.4, -0.2) is 11.5 Å². The quantitative estimate of drug-likeness (QED) is 0.758. The van der Waals surface area contributed by atoms with Crippen molar-refractivity contribution in [3.05, 3.63) is 0 Å². The van der Waals surface area contributed by atoms with Gasteiger partial charge in [0, 0.05) is 11.6 Å². The summed E-state index contributed by atoms with van der Waals surface area (Å²) in [5, 5.41) is 8.47. The maximum Gasteiger partial charge on any atom is 0.125 e. The molecule has 0 radical (unpaired) electrons. The molecular weight excluding hydrogens is 222 g/mol. The Morgan fingerprint density at radius 2 is 1.67 bits per heavy atom. The molecule has 3 heteroatoms. The van der Waals surface area contributed by atoms with Crippen molar-refractivity contribution < 1.29 is 0 Å². The van der Waals surface area contributed by atoms with Crippen molar-refractivity contribution in [2.24, 2.45) is 39.1 Å². The highest BCUT2D eigenvalue weighted by Crippen LogP contribution is 2.40. The molecule has 1 aliphatic carbocycles. The zero-order chi connectivity index (χ0) is 13.3. The first kappa shape index (κ1) is 13.6. The number of hydrogen-bond donors (Lipinski definition) is 1. The molecule has 0 aromatic heterocycles. The third kappa shape index (κ3) is 2.93. The predicted octanol–water partition coefficient (Wildman–Crippen LogP) is 3.59. The van der Waals surface area contributed by atoms with Crippen molar-refractivity contribution in [2.45, 2.75) is 59.8 Å². The largest absolute Gasteiger partial charge is 0.385 e. The maximum absolute atomic E-state index is 5.79. The second kappa shape index (κ2) is 5.02. The maximum atomic E-state index is 5.79. The van der Waals surface area contributed by atoms with E-state index in [1.54, 1.807) is 0 Å². The Labute approximate surface area is 111 Å². The summed E-state index contributed by atoms with van der Waals surface area (Å²) in [5.74, 6) is 2.59. The molecule has 0 spiro atoms. The van der Waals surface area contributed by atoms with E-state index in [1.807, 2.05) is 0 Å². The van der Waals surface area contributed by atoms with Crippen molar-refractivity contribution in [3.8, 4) is 0 Å². The fraction of sp³-hybridized carbons (Fsp3) is 0.867. The summed E-state index contributed by atoms with van der Waals surface area (Å²) >= 11 is 0. The van der Waals surface area contributed by atoms with Gasteiger partial charge in [-0.1, -0.05) is 27.7 Å². The minimum absolute atomic E-state index is 0.373. The van der Waals surface area contributed by atoms with Crippen molar-refractivity contribution >= 4 is 11.5 Å². The number of rotatable bonds is 1. The van der Waals surface area contributed by atoms with Gasteiger partial charge in [0.15, 0.2) is 0 Å². The highest BCUT2D eigenvalue weighted by atomic mass is 15.2. The zero-order valence-electron chi connectivity index (χ0n) is 12.2. The van der Waals surface area contributed by atoms with Gasteiger partial charge >= 0.3 is 0 Å². The monoisotopic (exact) mass is 249 g/mol. The van der Waals surface area contributed by atoms with Crippen molar-refractivity contribution in [3.63, 3.8) is 0 Å².